The Hall–Kier alpha value is -1.35. The van der Waals surface area contributed by atoms with Gasteiger partial charge in [0.15, 0.2) is 0 Å². The smallest absolute Gasteiger partial charge is 0.317 e. The second kappa shape index (κ2) is 8.75. The minimum absolute atomic E-state index is 0.00609. The van der Waals surface area contributed by atoms with E-state index in [1.807, 2.05) is 13.8 Å². The summed E-state index contributed by atoms with van der Waals surface area (Å²) >= 11 is 0. The van der Waals surface area contributed by atoms with Gasteiger partial charge in [0, 0.05) is 32.1 Å². The van der Waals surface area contributed by atoms with E-state index in [9.17, 15) is 18.0 Å². The van der Waals surface area contributed by atoms with Crippen molar-refractivity contribution in [2.45, 2.75) is 32.7 Å². The second-order valence-corrected chi connectivity index (χ2v) is 6.52. The first-order valence-electron chi connectivity index (χ1n) is 6.34. The summed E-state index contributed by atoms with van der Waals surface area (Å²) < 4.78 is 23.9. The number of nitrogens with one attached hydrogen (secondary N) is 2. The lowest BCUT2D eigenvalue weighted by Gasteiger charge is -2.26. The van der Waals surface area contributed by atoms with Crippen LogP contribution in [0.2, 0.25) is 0 Å². The molecule has 20 heavy (non-hydrogen) atoms. The van der Waals surface area contributed by atoms with E-state index in [1.54, 1.807) is 0 Å². The fourth-order valence-electron chi connectivity index (χ4n) is 1.50. The van der Waals surface area contributed by atoms with Crippen LogP contribution in [0.15, 0.2) is 0 Å². The zero-order chi connectivity index (χ0) is 15.8. The zero-order valence-electron chi connectivity index (χ0n) is 12.0. The highest BCUT2D eigenvalue weighted by atomic mass is 32.2. The van der Waals surface area contributed by atoms with Gasteiger partial charge >= 0.3 is 12.0 Å². The van der Waals surface area contributed by atoms with E-state index in [-0.39, 0.29) is 31.6 Å². The topological polar surface area (TPSA) is 116 Å². The number of rotatable bonds is 9. The van der Waals surface area contributed by atoms with E-state index in [0.29, 0.717) is 13.0 Å². The SMILES string of the molecule is CC(C)N(CCCC(=O)O)C(=O)NCCNS(C)(=O)=O. The molecule has 0 aliphatic heterocycles. The summed E-state index contributed by atoms with van der Waals surface area (Å²) in [5.41, 5.74) is 0. The van der Waals surface area contributed by atoms with E-state index < -0.39 is 16.0 Å². The molecule has 0 saturated heterocycles. The molecule has 0 fully saturated rings. The van der Waals surface area contributed by atoms with Crippen molar-refractivity contribution in [3.05, 3.63) is 0 Å². The van der Waals surface area contributed by atoms with Crippen LogP contribution in [-0.2, 0) is 14.8 Å². The molecule has 0 atom stereocenters. The molecule has 3 N–H and O–H groups in total. The number of urea groups is 1. The highest BCUT2D eigenvalue weighted by Crippen LogP contribution is 2.02. The number of aliphatic carboxylic acids is 1. The van der Waals surface area contributed by atoms with E-state index in [2.05, 4.69) is 10.0 Å². The Bertz CT molecular complexity index is 422. The highest BCUT2D eigenvalue weighted by molar-refractivity contribution is 7.88. The first kappa shape index (κ1) is 18.7. The van der Waals surface area contributed by atoms with Gasteiger partial charge in [-0.25, -0.2) is 17.9 Å². The lowest BCUT2D eigenvalue weighted by atomic mass is 10.2. The fourth-order valence-corrected chi connectivity index (χ4v) is 1.98. The van der Waals surface area contributed by atoms with Crippen molar-refractivity contribution >= 4 is 22.0 Å². The molecular weight excluding hydrogens is 286 g/mol. The highest BCUT2D eigenvalue weighted by Gasteiger charge is 2.16. The molecule has 0 aromatic rings. The first-order chi connectivity index (χ1) is 9.13. The second-order valence-electron chi connectivity index (χ2n) is 4.68. The van der Waals surface area contributed by atoms with Crippen LogP contribution in [0, 0.1) is 0 Å². The third-order valence-electron chi connectivity index (χ3n) is 2.44. The number of carbonyl (C=O) groups excluding carboxylic acids is 1. The molecule has 2 amide bonds. The molecule has 0 unspecified atom stereocenters. The van der Waals surface area contributed by atoms with E-state index >= 15 is 0 Å². The van der Waals surface area contributed by atoms with Crippen LogP contribution in [-0.4, -0.2) is 62.4 Å². The minimum atomic E-state index is -3.26. The molecule has 0 aromatic carbocycles. The lowest BCUT2D eigenvalue weighted by molar-refractivity contribution is -0.137. The van der Waals surface area contributed by atoms with Crippen molar-refractivity contribution in [3.63, 3.8) is 0 Å². The summed E-state index contributed by atoms with van der Waals surface area (Å²) in [7, 11) is -3.26. The maximum absolute atomic E-state index is 11.9. The van der Waals surface area contributed by atoms with Crippen molar-refractivity contribution in [3.8, 4) is 0 Å². The fraction of sp³-hybridized carbons (Fsp3) is 0.818. The molecule has 9 heteroatoms. The van der Waals surface area contributed by atoms with Crippen LogP contribution in [0.5, 0.6) is 0 Å². The van der Waals surface area contributed by atoms with Crippen molar-refractivity contribution < 1.29 is 23.1 Å². The molecule has 118 valence electrons. The van der Waals surface area contributed by atoms with Crippen molar-refractivity contribution in [1.82, 2.24) is 14.9 Å². The van der Waals surface area contributed by atoms with Gasteiger partial charge in [-0.1, -0.05) is 0 Å². The lowest BCUT2D eigenvalue weighted by Crippen LogP contribution is -2.46. The van der Waals surface area contributed by atoms with Gasteiger partial charge in [-0.15, -0.1) is 0 Å². The summed E-state index contributed by atoms with van der Waals surface area (Å²) in [6, 6.07) is -0.396. The normalized spacial score (nSPS) is 11.4. The average Bonchev–Trinajstić information content (AvgIpc) is 2.28. The molecule has 0 saturated carbocycles. The Morgan fingerprint density at radius 3 is 2.30 bits per heavy atom. The predicted molar refractivity (Wildman–Crippen MR) is 75.0 cm³/mol. The standard InChI is InChI=1S/C11H23N3O5S/c1-9(2)14(8-4-5-10(15)16)11(17)12-6-7-13-20(3,18)19/h9,13H,4-8H2,1-3H3,(H,12,17)(H,15,16). The summed E-state index contributed by atoms with van der Waals surface area (Å²) in [5, 5.41) is 11.2. The predicted octanol–water partition coefficient (Wildman–Crippen LogP) is -0.180. The number of sulfonamides is 1. The largest absolute Gasteiger partial charge is 0.481 e. The first-order valence-corrected chi connectivity index (χ1v) is 8.23. The molecule has 0 aromatic heterocycles. The number of hydrogen-bond acceptors (Lipinski definition) is 4. The van der Waals surface area contributed by atoms with Gasteiger partial charge in [-0.2, -0.15) is 0 Å². The van der Waals surface area contributed by atoms with Gasteiger partial charge in [0.25, 0.3) is 0 Å². The van der Waals surface area contributed by atoms with Gasteiger partial charge < -0.3 is 15.3 Å². The Balaban J connectivity index is 4.13. The quantitative estimate of drug-likeness (QED) is 0.511. The van der Waals surface area contributed by atoms with Crippen LogP contribution in [0.3, 0.4) is 0 Å². The molecule has 0 spiro atoms. The Morgan fingerprint density at radius 2 is 1.85 bits per heavy atom. The maximum Gasteiger partial charge on any atom is 0.317 e. The van der Waals surface area contributed by atoms with E-state index in [1.165, 1.54) is 4.90 Å². The number of hydrogen-bond donors (Lipinski definition) is 3. The summed E-state index contributed by atoms with van der Waals surface area (Å²) in [6.07, 6.45) is 1.43. The average molecular weight is 309 g/mol. The third kappa shape index (κ3) is 9.56. The minimum Gasteiger partial charge on any atom is -0.481 e. The Kier molecular flexibility index (Phi) is 8.16. The van der Waals surface area contributed by atoms with Crippen molar-refractivity contribution in [2.75, 3.05) is 25.9 Å². The summed E-state index contributed by atoms with van der Waals surface area (Å²) in [6.45, 7) is 4.29. The van der Waals surface area contributed by atoms with Crippen LogP contribution in [0.25, 0.3) is 0 Å². The van der Waals surface area contributed by atoms with Crippen molar-refractivity contribution in [2.24, 2.45) is 0 Å². The van der Waals surface area contributed by atoms with Crippen LogP contribution in [0.4, 0.5) is 4.79 Å². The van der Waals surface area contributed by atoms with Gasteiger partial charge in [-0.3, -0.25) is 4.79 Å². The number of carboxylic acids is 1. The van der Waals surface area contributed by atoms with Crippen LogP contribution < -0.4 is 10.0 Å². The summed E-state index contributed by atoms with van der Waals surface area (Å²) in [5.74, 6) is -0.897. The number of carbonyl (C=O) groups is 2. The molecule has 8 nitrogen and oxygen atoms in total. The van der Waals surface area contributed by atoms with E-state index in [4.69, 9.17) is 5.11 Å². The van der Waals surface area contributed by atoms with Crippen LogP contribution >= 0.6 is 0 Å². The number of carboxylic acid groups (broad SMARTS) is 1. The maximum atomic E-state index is 11.9. The van der Waals surface area contributed by atoms with Gasteiger partial charge in [0.05, 0.1) is 6.26 Å². The molecular formula is C11H23N3O5S. The van der Waals surface area contributed by atoms with Crippen LogP contribution in [0.1, 0.15) is 26.7 Å². The zero-order valence-corrected chi connectivity index (χ0v) is 12.9. The molecule has 0 bridgehead atoms. The molecule has 0 aliphatic carbocycles. The summed E-state index contributed by atoms with van der Waals surface area (Å²) in [4.78, 5) is 23.8. The third-order valence-corrected chi connectivity index (χ3v) is 3.17. The van der Waals surface area contributed by atoms with E-state index in [0.717, 1.165) is 6.26 Å². The molecule has 0 aliphatic rings. The number of nitrogens with zero attached hydrogens (tertiary/aromatic N) is 1. The number of amides is 2. The van der Waals surface area contributed by atoms with Gasteiger partial charge in [0.2, 0.25) is 10.0 Å². The monoisotopic (exact) mass is 309 g/mol. The Morgan fingerprint density at radius 1 is 1.25 bits per heavy atom. The molecule has 0 radical (unpaired) electrons. The van der Waals surface area contributed by atoms with Crippen molar-refractivity contribution in [1.29, 1.82) is 0 Å². The molecule has 0 heterocycles. The molecule has 0 rings (SSSR count). The van der Waals surface area contributed by atoms with Gasteiger partial charge in [-0.05, 0) is 20.3 Å². The van der Waals surface area contributed by atoms with Gasteiger partial charge in [0.1, 0.15) is 0 Å². The Labute approximate surface area is 119 Å².